The smallest absolute Gasteiger partial charge is 0.321 e. The van der Waals surface area contributed by atoms with Gasteiger partial charge in [-0.2, -0.15) is 0 Å². The Morgan fingerprint density at radius 3 is 2.42 bits per heavy atom. The maximum Gasteiger partial charge on any atom is 0.321 e. The van der Waals surface area contributed by atoms with Crippen LogP contribution in [0.25, 0.3) is 0 Å². The predicted molar refractivity (Wildman–Crippen MR) is 101 cm³/mol. The van der Waals surface area contributed by atoms with Crippen molar-refractivity contribution in [2.75, 3.05) is 7.11 Å². The van der Waals surface area contributed by atoms with Gasteiger partial charge in [0.25, 0.3) is 5.91 Å². The van der Waals surface area contributed by atoms with Crippen molar-refractivity contribution in [2.45, 2.75) is 70.5 Å². The first-order valence-corrected chi connectivity index (χ1v) is 9.63. The summed E-state index contributed by atoms with van der Waals surface area (Å²) in [6.07, 6.45) is 6.40. The van der Waals surface area contributed by atoms with E-state index < -0.39 is 0 Å². The molecule has 2 rings (SSSR count). The van der Waals surface area contributed by atoms with Crippen molar-refractivity contribution in [2.24, 2.45) is 0 Å². The molecule has 0 radical (unpaired) electrons. The number of hydrogen-bond donors (Lipinski definition) is 3. The molecule has 144 valence electrons. The highest BCUT2D eigenvalue weighted by molar-refractivity contribution is 5.96. The zero-order valence-corrected chi connectivity index (χ0v) is 16.1. The Balaban J connectivity index is 1.84. The van der Waals surface area contributed by atoms with Crippen LogP contribution in [0.2, 0.25) is 0 Å². The van der Waals surface area contributed by atoms with Crippen LogP contribution in [0.4, 0.5) is 4.79 Å². The summed E-state index contributed by atoms with van der Waals surface area (Å²) < 4.78 is 5.19. The Morgan fingerprint density at radius 2 is 1.85 bits per heavy atom. The molecular formula is C20H32N3O3+. The van der Waals surface area contributed by atoms with Crippen LogP contribution < -0.4 is 20.7 Å². The Kier molecular flexibility index (Phi) is 7.91. The quantitative estimate of drug-likeness (QED) is 0.696. The Bertz CT molecular complexity index is 582. The number of nitrogens with two attached hydrogens (primary N) is 1. The van der Waals surface area contributed by atoms with Gasteiger partial charge in [-0.05, 0) is 44.0 Å². The molecule has 1 fully saturated rings. The molecule has 1 aliphatic rings. The van der Waals surface area contributed by atoms with Crippen LogP contribution in [-0.2, 0) is 4.79 Å². The lowest BCUT2D eigenvalue weighted by molar-refractivity contribution is -0.713. The van der Waals surface area contributed by atoms with E-state index in [-0.39, 0.29) is 30.1 Å². The Hall–Kier alpha value is -2.08. The van der Waals surface area contributed by atoms with E-state index in [0.29, 0.717) is 0 Å². The minimum Gasteiger partial charge on any atom is -0.497 e. The number of ether oxygens (including phenoxy) is 1. The second-order valence-electron chi connectivity index (χ2n) is 7.07. The van der Waals surface area contributed by atoms with Crippen molar-refractivity contribution in [1.29, 1.82) is 0 Å². The highest BCUT2D eigenvalue weighted by Gasteiger charge is 2.24. The fourth-order valence-corrected chi connectivity index (χ4v) is 3.46. The highest BCUT2D eigenvalue weighted by atomic mass is 16.5. The number of imide groups is 1. The Labute approximate surface area is 156 Å². The minimum atomic E-state index is -0.375. The van der Waals surface area contributed by atoms with Crippen molar-refractivity contribution in [3.05, 3.63) is 29.8 Å². The first-order valence-electron chi connectivity index (χ1n) is 9.63. The molecule has 6 nitrogen and oxygen atoms in total. The van der Waals surface area contributed by atoms with E-state index in [1.165, 1.54) is 6.42 Å². The maximum absolute atomic E-state index is 12.4. The van der Waals surface area contributed by atoms with Gasteiger partial charge in [0.1, 0.15) is 11.8 Å². The fourth-order valence-electron chi connectivity index (χ4n) is 3.46. The number of nitrogens with one attached hydrogen (secondary N) is 2. The number of methoxy groups -OCH3 is 1. The van der Waals surface area contributed by atoms with Gasteiger partial charge in [-0.3, -0.25) is 10.1 Å². The van der Waals surface area contributed by atoms with Crippen LogP contribution in [0.15, 0.2) is 24.3 Å². The summed E-state index contributed by atoms with van der Waals surface area (Å²) in [4.78, 5) is 24.4. The lowest BCUT2D eigenvalue weighted by Gasteiger charge is -2.23. The van der Waals surface area contributed by atoms with Gasteiger partial charge in [-0.1, -0.05) is 26.2 Å². The van der Waals surface area contributed by atoms with E-state index in [4.69, 9.17) is 4.74 Å². The minimum absolute atomic E-state index is 0.156. The molecule has 2 atom stereocenters. The van der Waals surface area contributed by atoms with E-state index in [1.807, 2.05) is 36.5 Å². The van der Waals surface area contributed by atoms with Crippen LogP contribution in [0.5, 0.6) is 5.75 Å². The summed E-state index contributed by atoms with van der Waals surface area (Å²) in [5.41, 5.74) is 1.14. The molecule has 0 heterocycles. The largest absolute Gasteiger partial charge is 0.497 e. The van der Waals surface area contributed by atoms with Crippen LogP contribution >= 0.6 is 0 Å². The molecule has 0 aromatic heterocycles. The van der Waals surface area contributed by atoms with Gasteiger partial charge in [0.15, 0.2) is 6.04 Å². The summed E-state index contributed by atoms with van der Waals surface area (Å²) in [7, 11) is 1.64. The van der Waals surface area contributed by atoms with Gasteiger partial charge in [0, 0.05) is 18.0 Å². The third-order valence-electron chi connectivity index (χ3n) is 5.10. The van der Waals surface area contributed by atoms with Crippen molar-refractivity contribution in [1.82, 2.24) is 10.6 Å². The molecule has 1 aromatic carbocycles. The number of benzene rings is 1. The number of urea groups is 1. The average Bonchev–Trinajstić information content (AvgIpc) is 2.66. The van der Waals surface area contributed by atoms with Gasteiger partial charge < -0.3 is 15.4 Å². The van der Waals surface area contributed by atoms with E-state index >= 15 is 0 Å². The van der Waals surface area contributed by atoms with Gasteiger partial charge in [-0.25, -0.2) is 4.79 Å². The first kappa shape index (κ1) is 20.2. The summed E-state index contributed by atoms with van der Waals surface area (Å²) in [6, 6.07) is 7.51. The molecule has 0 aliphatic heterocycles. The molecule has 0 saturated heterocycles. The van der Waals surface area contributed by atoms with Crippen molar-refractivity contribution < 1.29 is 19.6 Å². The summed E-state index contributed by atoms with van der Waals surface area (Å²) in [6.45, 7) is 3.92. The predicted octanol–water partition coefficient (Wildman–Crippen LogP) is 2.26. The molecule has 4 N–H and O–H groups in total. The second kappa shape index (κ2) is 10.2. The number of carbonyl (C=O) groups is 2. The number of rotatable bonds is 7. The standard InChI is InChI=1S/C20H31N3O3/c1-4-18(15-10-12-17(26-3)13-11-15)21-14(2)19(24)23-20(25)22-16-8-6-5-7-9-16/h10-14,16,18,21H,4-9H2,1-3H3,(H2,22,23,24,25)/p+1/t14-,18+/m0/s1. The number of carbonyl (C=O) groups excluding carboxylic acids is 2. The van der Waals surface area contributed by atoms with Gasteiger partial charge in [0.2, 0.25) is 0 Å². The van der Waals surface area contributed by atoms with Crippen molar-refractivity contribution in [3.63, 3.8) is 0 Å². The SMILES string of the molecule is CC[C@@H]([NH2+][C@@H](C)C(=O)NC(=O)NC1CCCCC1)c1ccc(OC)cc1. The molecule has 0 spiro atoms. The van der Waals surface area contributed by atoms with Crippen LogP contribution in [0, 0.1) is 0 Å². The molecule has 26 heavy (non-hydrogen) atoms. The zero-order valence-electron chi connectivity index (χ0n) is 16.1. The normalized spacial score (nSPS) is 17.2. The third-order valence-corrected chi connectivity index (χ3v) is 5.10. The second-order valence-corrected chi connectivity index (χ2v) is 7.07. The fraction of sp³-hybridized carbons (Fsp3) is 0.600. The molecule has 3 amide bonds. The van der Waals surface area contributed by atoms with E-state index in [2.05, 4.69) is 17.6 Å². The average molecular weight is 362 g/mol. The number of hydrogen-bond acceptors (Lipinski definition) is 3. The van der Waals surface area contributed by atoms with E-state index in [0.717, 1.165) is 43.4 Å². The van der Waals surface area contributed by atoms with Gasteiger partial charge in [0.05, 0.1) is 7.11 Å². The topological polar surface area (TPSA) is 84.0 Å². The molecule has 1 saturated carbocycles. The monoisotopic (exact) mass is 362 g/mol. The van der Waals surface area contributed by atoms with Crippen LogP contribution in [0.1, 0.15) is 64.0 Å². The lowest BCUT2D eigenvalue weighted by atomic mass is 9.96. The molecule has 1 aromatic rings. The highest BCUT2D eigenvalue weighted by Crippen LogP contribution is 2.18. The summed E-state index contributed by atoms with van der Waals surface area (Å²) >= 11 is 0. The third kappa shape index (κ3) is 6.02. The van der Waals surface area contributed by atoms with Crippen LogP contribution in [-0.4, -0.2) is 31.1 Å². The molecule has 1 aliphatic carbocycles. The molecule has 6 heteroatoms. The molecule has 0 unspecified atom stereocenters. The summed E-state index contributed by atoms with van der Waals surface area (Å²) in [5, 5.41) is 7.41. The van der Waals surface area contributed by atoms with E-state index in [1.54, 1.807) is 7.11 Å². The van der Waals surface area contributed by atoms with Gasteiger partial charge in [-0.15, -0.1) is 0 Å². The summed E-state index contributed by atoms with van der Waals surface area (Å²) in [5.74, 6) is 0.555. The molecule has 0 bridgehead atoms. The number of amides is 3. The zero-order chi connectivity index (χ0) is 18.9. The number of quaternary nitrogens is 1. The first-order chi connectivity index (χ1) is 12.5. The molecular weight excluding hydrogens is 330 g/mol. The van der Waals surface area contributed by atoms with E-state index in [9.17, 15) is 9.59 Å². The van der Waals surface area contributed by atoms with Crippen molar-refractivity contribution >= 4 is 11.9 Å². The van der Waals surface area contributed by atoms with Crippen molar-refractivity contribution in [3.8, 4) is 5.75 Å². The lowest BCUT2D eigenvalue weighted by Crippen LogP contribution is -2.92. The van der Waals surface area contributed by atoms with Crippen LogP contribution in [0.3, 0.4) is 0 Å². The maximum atomic E-state index is 12.4. The van der Waals surface area contributed by atoms with Gasteiger partial charge >= 0.3 is 6.03 Å². The Morgan fingerprint density at radius 1 is 1.19 bits per heavy atom.